The Hall–Kier alpha value is 0.1000. The number of hydrogen-bond acceptors (Lipinski definition) is 3. The summed E-state index contributed by atoms with van der Waals surface area (Å²) < 4.78 is 1.16. The highest BCUT2D eigenvalue weighted by Crippen LogP contribution is 2.25. The molecule has 2 unspecified atom stereocenters. The Balaban J connectivity index is 2.39. The van der Waals surface area contributed by atoms with E-state index in [9.17, 15) is 5.11 Å². The SMILES string of the molecule is CCC(C)(CNCc1csc(Br)c1)C(C)O. The Labute approximate surface area is 110 Å². The molecule has 0 radical (unpaired) electrons. The molecule has 0 saturated heterocycles. The van der Waals surface area contributed by atoms with E-state index in [0.29, 0.717) is 0 Å². The molecule has 2 N–H and O–H groups in total. The first kappa shape index (κ1) is 14.2. The zero-order chi connectivity index (χ0) is 12.2. The van der Waals surface area contributed by atoms with Crippen LogP contribution < -0.4 is 5.32 Å². The summed E-state index contributed by atoms with van der Waals surface area (Å²) in [6.45, 7) is 7.81. The van der Waals surface area contributed by atoms with E-state index in [2.05, 4.69) is 46.5 Å². The normalized spacial score (nSPS) is 17.1. The molecule has 0 aliphatic heterocycles. The molecule has 0 amide bonds. The Morgan fingerprint density at radius 3 is 2.75 bits per heavy atom. The molecule has 0 fully saturated rings. The Bertz CT molecular complexity index is 327. The molecule has 1 rings (SSSR count). The van der Waals surface area contributed by atoms with Crippen molar-refractivity contribution < 1.29 is 5.11 Å². The molecule has 0 aliphatic carbocycles. The van der Waals surface area contributed by atoms with Crippen LogP contribution in [0.25, 0.3) is 0 Å². The van der Waals surface area contributed by atoms with E-state index in [1.165, 1.54) is 5.56 Å². The van der Waals surface area contributed by atoms with Gasteiger partial charge < -0.3 is 10.4 Å². The van der Waals surface area contributed by atoms with Gasteiger partial charge in [0.15, 0.2) is 0 Å². The van der Waals surface area contributed by atoms with Crippen LogP contribution in [0.4, 0.5) is 0 Å². The van der Waals surface area contributed by atoms with Crippen molar-refractivity contribution in [3.8, 4) is 0 Å². The van der Waals surface area contributed by atoms with Crippen molar-refractivity contribution in [1.29, 1.82) is 0 Å². The molecule has 2 atom stereocenters. The average Bonchev–Trinajstić information content (AvgIpc) is 2.63. The number of hydrogen-bond donors (Lipinski definition) is 2. The van der Waals surface area contributed by atoms with Gasteiger partial charge in [-0.2, -0.15) is 0 Å². The lowest BCUT2D eigenvalue weighted by Gasteiger charge is -2.31. The van der Waals surface area contributed by atoms with Crippen LogP contribution in [0.15, 0.2) is 15.2 Å². The molecular weight excluding hydrogens is 286 g/mol. The second-order valence-corrected chi connectivity index (χ2v) is 6.84. The van der Waals surface area contributed by atoms with E-state index < -0.39 is 0 Å². The van der Waals surface area contributed by atoms with Gasteiger partial charge in [0.05, 0.1) is 9.89 Å². The lowest BCUT2D eigenvalue weighted by atomic mass is 9.82. The minimum Gasteiger partial charge on any atom is -0.393 e. The first-order chi connectivity index (χ1) is 7.48. The zero-order valence-electron chi connectivity index (χ0n) is 10.1. The van der Waals surface area contributed by atoms with Crippen LogP contribution in [0.5, 0.6) is 0 Å². The van der Waals surface area contributed by atoms with Crippen molar-refractivity contribution in [2.24, 2.45) is 5.41 Å². The van der Waals surface area contributed by atoms with Gasteiger partial charge in [0.2, 0.25) is 0 Å². The van der Waals surface area contributed by atoms with E-state index in [1.807, 2.05) is 6.92 Å². The maximum atomic E-state index is 9.73. The van der Waals surface area contributed by atoms with Gasteiger partial charge in [-0.3, -0.25) is 0 Å². The van der Waals surface area contributed by atoms with E-state index >= 15 is 0 Å². The fourth-order valence-electron chi connectivity index (χ4n) is 1.50. The third-order valence-corrected chi connectivity index (χ3v) is 4.85. The number of thiophene rings is 1. The summed E-state index contributed by atoms with van der Waals surface area (Å²) in [5.74, 6) is 0. The second-order valence-electron chi connectivity index (χ2n) is 4.55. The largest absolute Gasteiger partial charge is 0.393 e. The topological polar surface area (TPSA) is 32.3 Å². The first-order valence-corrected chi connectivity index (χ1v) is 7.27. The van der Waals surface area contributed by atoms with Gasteiger partial charge in [-0.15, -0.1) is 11.3 Å². The summed E-state index contributed by atoms with van der Waals surface area (Å²) in [6, 6.07) is 2.13. The number of aliphatic hydroxyl groups excluding tert-OH is 1. The highest BCUT2D eigenvalue weighted by molar-refractivity contribution is 9.11. The lowest BCUT2D eigenvalue weighted by molar-refractivity contribution is 0.0489. The van der Waals surface area contributed by atoms with Crippen LogP contribution in [-0.2, 0) is 6.54 Å². The highest BCUT2D eigenvalue weighted by atomic mass is 79.9. The number of aliphatic hydroxyl groups is 1. The summed E-state index contributed by atoms with van der Waals surface area (Å²) >= 11 is 5.15. The van der Waals surface area contributed by atoms with Crippen molar-refractivity contribution in [1.82, 2.24) is 5.32 Å². The molecule has 0 spiro atoms. The van der Waals surface area contributed by atoms with Gasteiger partial charge in [0.25, 0.3) is 0 Å². The maximum Gasteiger partial charge on any atom is 0.0701 e. The predicted molar refractivity (Wildman–Crippen MR) is 73.8 cm³/mol. The molecule has 2 nitrogen and oxygen atoms in total. The van der Waals surface area contributed by atoms with Crippen LogP contribution in [0, 0.1) is 5.41 Å². The lowest BCUT2D eigenvalue weighted by Crippen LogP contribution is -2.39. The van der Waals surface area contributed by atoms with Gasteiger partial charge in [0.1, 0.15) is 0 Å². The minimum absolute atomic E-state index is 0.0345. The third kappa shape index (κ3) is 3.84. The highest BCUT2D eigenvalue weighted by Gasteiger charge is 2.27. The zero-order valence-corrected chi connectivity index (χ0v) is 12.5. The summed E-state index contributed by atoms with van der Waals surface area (Å²) in [4.78, 5) is 0. The third-order valence-electron chi connectivity index (χ3n) is 3.30. The van der Waals surface area contributed by atoms with Crippen LogP contribution in [0.1, 0.15) is 32.8 Å². The standard InChI is InChI=1S/C12H20BrNOS/c1-4-12(3,9(2)15)8-14-6-10-5-11(13)16-7-10/h5,7,9,14-15H,4,6,8H2,1-3H3. The molecule has 0 saturated carbocycles. The quantitative estimate of drug-likeness (QED) is 0.844. The molecule has 4 heteroatoms. The number of rotatable bonds is 6. The van der Waals surface area contributed by atoms with Crippen LogP contribution in [0.2, 0.25) is 0 Å². The average molecular weight is 306 g/mol. The van der Waals surface area contributed by atoms with Crippen molar-refractivity contribution in [3.63, 3.8) is 0 Å². The molecular formula is C12H20BrNOS. The van der Waals surface area contributed by atoms with Crippen LogP contribution >= 0.6 is 27.3 Å². The molecule has 0 aliphatic rings. The fraction of sp³-hybridized carbons (Fsp3) is 0.667. The number of halogens is 1. The predicted octanol–water partition coefficient (Wildman–Crippen LogP) is 3.40. The Morgan fingerprint density at radius 2 is 2.31 bits per heavy atom. The van der Waals surface area contributed by atoms with Crippen molar-refractivity contribution in [2.75, 3.05) is 6.54 Å². The van der Waals surface area contributed by atoms with Gasteiger partial charge in [-0.25, -0.2) is 0 Å². The van der Waals surface area contributed by atoms with E-state index in [1.54, 1.807) is 11.3 Å². The summed E-state index contributed by atoms with van der Waals surface area (Å²) in [6.07, 6.45) is 0.699. The Kier molecular flexibility index (Phi) is 5.44. The molecule has 0 bridgehead atoms. The fourth-order valence-corrected chi connectivity index (χ4v) is 2.71. The van der Waals surface area contributed by atoms with Gasteiger partial charge in [-0.1, -0.05) is 13.8 Å². The molecule has 1 aromatic rings. The van der Waals surface area contributed by atoms with Crippen LogP contribution in [0.3, 0.4) is 0 Å². The Morgan fingerprint density at radius 1 is 1.62 bits per heavy atom. The van der Waals surface area contributed by atoms with E-state index in [0.717, 1.165) is 23.3 Å². The van der Waals surface area contributed by atoms with Gasteiger partial charge in [0, 0.05) is 18.5 Å². The molecule has 1 heterocycles. The minimum atomic E-state index is -0.279. The van der Waals surface area contributed by atoms with Gasteiger partial charge >= 0.3 is 0 Å². The van der Waals surface area contributed by atoms with Crippen molar-refractivity contribution in [2.45, 2.75) is 39.8 Å². The second kappa shape index (κ2) is 6.15. The maximum absolute atomic E-state index is 9.73. The molecule has 1 aromatic heterocycles. The first-order valence-electron chi connectivity index (χ1n) is 5.59. The monoisotopic (exact) mass is 305 g/mol. The van der Waals surface area contributed by atoms with Crippen LogP contribution in [-0.4, -0.2) is 17.8 Å². The van der Waals surface area contributed by atoms with E-state index in [-0.39, 0.29) is 11.5 Å². The van der Waals surface area contributed by atoms with Crippen molar-refractivity contribution in [3.05, 3.63) is 20.8 Å². The number of nitrogens with one attached hydrogen (secondary N) is 1. The summed E-state index contributed by atoms with van der Waals surface area (Å²) in [5, 5.41) is 15.3. The van der Waals surface area contributed by atoms with Gasteiger partial charge in [-0.05, 0) is 46.3 Å². The van der Waals surface area contributed by atoms with Crippen molar-refractivity contribution >= 4 is 27.3 Å². The smallest absolute Gasteiger partial charge is 0.0701 e. The molecule has 16 heavy (non-hydrogen) atoms. The molecule has 0 aromatic carbocycles. The van der Waals surface area contributed by atoms with E-state index in [4.69, 9.17) is 0 Å². The summed E-state index contributed by atoms with van der Waals surface area (Å²) in [7, 11) is 0. The summed E-state index contributed by atoms with van der Waals surface area (Å²) in [5.41, 5.74) is 1.26. The molecule has 92 valence electrons.